The predicted molar refractivity (Wildman–Crippen MR) is 71.1 cm³/mol. The highest BCUT2D eigenvalue weighted by Crippen LogP contribution is 2.35. The van der Waals surface area contributed by atoms with Crippen molar-refractivity contribution in [2.24, 2.45) is 0 Å². The Hall–Kier alpha value is -2.01. The number of hydrogen-bond donors (Lipinski definition) is 2. The molecule has 1 aromatic heterocycles. The molecule has 1 heterocycles. The van der Waals surface area contributed by atoms with E-state index in [4.69, 9.17) is 16.3 Å². The Morgan fingerprint density at radius 2 is 2.11 bits per heavy atom. The molecule has 0 atom stereocenters. The minimum Gasteiger partial charge on any atom is -0.506 e. The van der Waals surface area contributed by atoms with Crippen molar-refractivity contribution in [3.8, 4) is 11.5 Å². The Labute approximate surface area is 114 Å². The van der Waals surface area contributed by atoms with Crippen LogP contribution in [0.1, 0.15) is 24.2 Å². The molecule has 2 rings (SSSR count). The van der Waals surface area contributed by atoms with Crippen LogP contribution in [0.25, 0.3) is 10.8 Å². The number of ether oxygens (including phenoxy) is 1. The molecule has 5 nitrogen and oxygen atoms in total. The fourth-order valence-corrected chi connectivity index (χ4v) is 2.01. The molecule has 100 valence electrons. The van der Waals surface area contributed by atoms with Gasteiger partial charge in [-0.2, -0.15) is 0 Å². The van der Waals surface area contributed by atoms with Crippen LogP contribution in [0, 0.1) is 0 Å². The number of aromatic hydroxyl groups is 1. The molecule has 2 N–H and O–H groups in total. The average Bonchev–Trinajstić information content (AvgIpc) is 2.32. The van der Waals surface area contributed by atoms with E-state index in [-0.39, 0.29) is 28.0 Å². The highest BCUT2D eigenvalue weighted by atomic mass is 35.5. The van der Waals surface area contributed by atoms with E-state index >= 15 is 0 Å². The zero-order chi connectivity index (χ0) is 14.2. The van der Waals surface area contributed by atoms with Crippen molar-refractivity contribution in [1.82, 2.24) is 4.98 Å². The largest absolute Gasteiger partial charge is 0.506 e. The number of pyridine rings is 1. The van der Waals surface area contributed by atoms with Crippen LogP contribution in [0.15, 0.2) is 18.3 Å². The Kier molecular flexibility index (Phi) is 3.48. The molecule has 0 bridgehead atoms. The van der Waals surface area contributed by atoms with E-state index in [1.54, 1.807) is 6.07 Å². The lowest BCUT2D eigenvalue weighted by Crippen LogP contribution is -2.07. The van der Waals surface area contributed by atoms with Crippen LogP contribution in [0.5, 0.6) is 11.5 Å². The first-order chi connectivity index (χ1) is 8.90. The fourth-order valence-electron chi connectivity index (χ4n) is 1.82. The molecule has 0 aliphatic carbocycles. The summed E-state index contributed by atoms with van der Waals surface area (Å²) in [6.45, 7) is 3.65. The third kappa shape index (κ3) is 2.56. The van der Waals surface area contributed by atoms with Crippen LogP contribution in [-0.2, 0) is 0 Å². The number of fused-ring (bicyclic) bond motifs is 1. The van der Waals surface area contributed by atoms with Crippen molar-refractivity contribution in [1.29, 1.82) is 0 Å². The number of aromatic carboxylic acids is 1. The normalized spacial score (nSPS) is 10.9. The number of aromatic nitrogens is 1. The summed E-state index contributed by atoms with van der Waals surface area (Å²) in [6, 6.07) is 2.93. The van der Waals surface area contributed by atoms with Gasteiger partial charge in [0.1, 0.15) is 16.7 Å². The molecule has 6 heteroatoms. The van der Waals surface area contributed by atoms with Crippen LogP contribution >= 0.6 is 11.6 Å². The van der Waals surface area contributed by atoms with E-state index in [2.05, 4.69) is 4.98 Å². The lowest BCUT2D eigenvalue weighted by Gasteiger charge is -2.13. The number of rotatable bonds is 3. The molecule has 0 amide bonds. The minimum atomic E-state index is -1.17. The Morgan fingerprint density at radius 1 is 1.42 bits per heavy atom. The first-order valence-electron chi connectivity index (χ1n) is 5.61. The summed E-state index contributed by atoms with van der Waals surface area (Å²) in [4.78, 5) is 15.1. The summed E-state index contributed by atoms with van der Waals surface area (Å²) in [6.07, 6.45) is 1.02. The van der Waals surface area contributed by atoms with Crippen LogP contribution in [0.2, 0.25) is 5.15 Å². The highest BCUT2D eigenvalue weighted by Gasteiger charge is 2.17. The molecule has 0 saturated carbocycles. The molecule has 0 spiro atoms. The molecule has 0 fully saturated rings. The van der Waals surface area contributed by atoms with Crippen molar-refractivity contribution < 1.29 is 19.7 Å². The molecule has 0 aliphatic rings. The van der Waals surface area contributed by atoms with E-state index in [0.29, 0.717) is 11.1 Å². The lowest BCUT2D eigenvalue weighted by molar-refractivity contribution is 0.0698. The number of hydrogen-bond acceptors (Lipinski definition) is 4. The summed E-state index contributed by atoms with van der Waals surface area (Å²) in [5, 5.41) is 19.6. The molecule has 0 aliphatic heterocycles. The van der Waals surface area contributed by atoms with Gasteiger partial charge >= 0.3 is 5.97 Å². The molecule has 0 unspecified atom stereocenters. The molecule has 0 saturated heterocycles. The number of carboxylic acid groups (broad SMARTS) is 1. The van der Waals surface area contributed by atoms with Gasteiger partial charge in [0.2, 0.25) is 0 Å². The maximum absolute atomic E-state index is 11.3. The van der Waals surface area contributed by atoms with Crippen molar-refractivity contribution in [2.75, 3.05) is 0 Å². The number of nitrogens with zero attached hydrogens (tertiary/aromatic N) is 1. The topological polar surface area (TPSA) is 79.7 Å². The van der Waals surface area contributed by atoms with Crippen molar-refractivity contribution in [2.45, 2.75) is 20.0 Å². The zero-order valence-corrected chi connectivity index (χ0v) is 11.1. The van der Waals surface area contributed by atoms with Gasteiger partial charge in [0.25, 0.3) is 0 Å². The van der Waals surface area contributed by atoms with Crippen LogP contribution in [0.4, 0.5) is 0 Å². The molecular weight excluding hydrogens is 270 g/mol. The Morgan fingerprint density at radius 3 is 2.68 bits per heavy atom. The monoisotopic (exact) mass is 281 g/mol. The van der Waals surface area contributed by atoms with Crippen LogP contribution in [-0.4, -0.2) is 27.3 Å². The van der Waals surface area contributed by atoms with Gasteiger partial charge < -0.3 is 14.9 Å². The van der Waals surface area contributed by atoms with Gasteiger partial charge in [-0.25, -0.2) is 9.78 Å². The van der Waals surface area contributed by atoms with E-state index in [9.17, 15) is 15.0 Å². The second kappa shape index (κ2) is 4.93. The minimum absolute atomic E-state index is 0.0741. The van der Waals surface area contributed by atoms with Crippen molar-refractivity contribution >= 4 is 28.3 Å². The first kappa shape index (κ1) is 13.4. The van der Waals surface area contributed by atoms with E-state index in [1.165, 1.54) is 6.07 Å². The number of carboxylic acids is 1. The van der Waals surface area contributed by atoms with Crippen molar-refractivity contribution in [3.05, 3.63) is 29.0 Å². The third-order valence-corrected chi connectivity index (χ3v) is 2.79. The molecule has 19 heavy (non-hydrogen) atoms. The molecular formula is C13H12ClNO4. The molecule has 1 aromatic carbocycles. The van der Waals surface area contributed by atoms with Gasteiger partial charge in [0, 0.05) is 10.8 Å². The maximum Gasteiger partial charge on any atom is 0.336 e. The average molecular weight is 282 g/mol. The smallest absolute Gasteiger partial charge is 0.336 e. The number of carbonyl (C=O) groups is 1. The van der Waals surface area contributed by atoms with Gasteiger partial charge in [-0.05, 0) is 26.0 Å². The predicted octanol–water partition coefficient (Wildman–Crippen LogP) is 3.08. The van der Waals surface area contributed by atoms with E-state index in [0.717, 1.165) is 6.20 Å². The fraction of sp³-hybridized carbons (Fsp3) is 0.231. The van der Waals surface area contributed by atoms with Crippen molar-refractivity contribution in [3.63, 3.8) is 0 Å². The summed E-state index contributed by atoms with van der Waals surface area (Å²) in [5.41, 5.74) is -0.0741. The Balaban J connectivity index is 2.79. The second-order valence-electron chi connectivity index (χ2n) is 4.30. The third-order valence-electron chi connectivity index (χ3n) is 2.49. The molecule has 0 radical (unpaired) electrons. The van der Waals surface area contributed by atoms with Crippen LogP contribution in [0.3, 0.4) is 0 Å². The summed E-state index contributed by atoms with van der Waals surface area (Å²) in [7, 11) is 0. The quantitative estimate of drug-likeness (QED) is 0.845. The zero-order valence-electron chi connectivity index (χ0n) is 10.3. The van der Waals surface area contributed by atoms with Gasteiger partial charge in [-0.3, -0.25) is 0 Å². The lowest BCUT2D eigenvalue weighted by atomic mass is 10.1. The standard InChI is InChI=1S/C13H12ClNO4/c1-6(2)19-7-3-8-11(9(4-7)13(17)18)10(16)5-15-12(8)14/h3-6,16H,1-2H3,(H,17,18). The number of halogens is 1. The highest BCUT2D eigenvalue weighted by molar-refractivity contribution is 6.35. The van der Waals surface area contributed by atoms with E-state index in [1.807, 2.05) is 13.8 Å². The van der Waals surface area contributed by atoms with Gasteiger partial charge in [-0.15, -0.1) is 0 Å². The van der Waals surface area contributed by atoms with Gasteiger partial charge in [0.05, 0.1) is 17.9 Å². The number of benzene rings is 1. The summed E-state index contributed by atoms with van der Waals surface area (Å²) >= 11 is 5.94. The van der Waals surface area contributed by atoms with Gasteiger partial charge in [0.15, 0.2) is 0 Å². The molecule has 2 aromatic rings. The second-order valence-corrected chi connectivity index (χ2v) is 4.66. The first-order valence-corrected chi connectivity index (χ1v) is 5.99. The van der Waals surface area contributed by atoms with Crippen LogP contribution < -0.4 is 4.74 Å². The maximum atomic E-state index is 11.3. The van der Waals surface area contributed by atoms with Gasteiger partial charge in [-0.1, -0.05) is 11.6 Å². The Bertz CT molecular complexity index is 655. The summed E-state index contributed by atoms with van der Waals surface area (Å²) in [5.74, 6) is -1.03. The van der Waals surface area contributed by atoms with E-state index < -0.39 is 5.97 Å². The SMILES string of the molecule is CC(C)Oc1cc(C(=O)O)c2c(O)cnc(Cl)c2c1. The summed E-state index contributed by atoms with van der Waals surface area (Å²) < 4.78 is 5.48.